The Balaban J connectivity index is 1.67. The zero-order valence-corrected chi connectivity index (χ0v) is 17.2. The first-order valence-electron chi connectivity index (χ1n) is 8.54. The minimum atomic E-state index is -1.12. The van der Waals surface area contributed by atoms with Crippen LogP contribution in [0.25, 0.3) is 0 Å². The summed E-state index contributed by atoms with van der Waals surface area (Å²) in [5, 5.41) is 0. The van der Waals surface area contributed by atoms with E-state index in [1.165, 1.54) is 0 Å². The maximum Gasteiger partial charge on any atom is 0.295 e. The Kier molecular flexibility index (Phi) is 5.48. The Morgan fingerprint density at radius 1 is 1.42 bits per heavy atom. The van der Waals surface area contributed by atoms with E-state index in [4.69, 9.17) is 9.47 Å². The Hall–Kier alpha value is -0.703. The molecule has 2 aliphatic heterocycles. The number of halogens is 1. The van der Waals surface area contributed by atoms with Crippen LogP contribution in [0.1, 0.15) is 6.42 Å². The van der Waals surface area contributed by atoms with Crippen LogP contribution in [-0.4, -0.2) is 50.0 Å². The summed E-state index contributed by atoms with van der Waals surface area (Å²) in [5.74, 6) is 1.06. The van der Waals surface area contributed by atoms with Crippen molar-refractivity contribution >= 4 is 29.8 Å². The summed E-state index contributed by atoms with van der Waals surface area (Å²) in [6.45, 7) is 10.4. The van der Waals surface area contributed by atoms with Gasteiger partial charge in [-0.3, -0.25) is 9.36 Å². The first-order chi connectivity index (χ1) is 11.3. The molecule has 0 radical (unpaired) electrons. The van der Waals surface area contributed by atoms with Gasteiger partial charge in [0.2, 0.25) is 0 Å². The van der Waals surface area contributed by atoms with Gasteiger partial charge in [-0.2, -0.15) is 0 Å². The summed E-state index contributed by atoms with van der Waals surface area (Å²) < 4.78 is 13.3. The molecule has 1 atom stereocenters. The first kappa shape index (κ1) is 18.1. The third kappa shape index (κ3) is 4.09. The first-order valence-corrected chi connectivity index (χ1v) is 13.0. The van der Waals surface area contributed by atoms with Gasteiger partial charge in [0.05, 0.1) is 13.2 Å². The third-order valence-corrected chi connectivity index (χ3v) is 6.79. The van der Waals surface area contributed by atoms with Crippen molar-refractivity contribution in [2.45, 2.75) is 44.9 Å². The number of aromatic nitrogens is 2. The number of nitrogens with zero attached hydrogens (tertiary/aromatic N) is 3. The molecule has 1 unspecified atom stereocenters. The van der Waals surface area contributed by atoms with Gasteiger partial charge >= 0.3 is 0 Å². The van der Waals surface area contributed by atoms with Gasteiger partial charge in [0.1, 0.15) is 11.3 Å². The molecule has 2 fully saturated rings. The molecule has 6 nitrogen and oxygen atoms in total. The Morgan fingerprint density at radius 2 is 2.17 bits per heavy atom. The van der Waals surface area contributed by atoms with Crippen molar-refractivity contribution in [1.82, 2.24) is 9.55 Å². The van der Waals surface area contributed by atoms with Crippen LogP contribution in [0.3, 0.4) is 0 Å². The van der Waals surface area contributed by atoms with Crippen LogP contribution in [0.2, 0.25) is 25.7 Å². The van der Waals surface area contributed by atoms with E-state index in [2.05, 4.69) is 45.5 Å². The van der Waals surface area contributed by atoms with Crippen molar-refractivity contribution in [2.24, 2.45) is 5.92 Å². The zero-order valence-electron chi connectivity index (χ0n) is 14.6. The van der Waals surface area contributed by atoms with Gasteiger partial charge in [-0.05, 0) is 28.4 Å². The average Bonchev–Trinajstić information content (AvgIpc) is 2.41. The molecule has 0 aliphatic carbocycles. The summed E-state index contributed by atoms with van der Waals surface area (Å²) in [5.41, 5.74) is -0.0730. The highest BCUT2D eigenvalue weighted by Gasteiger charge is 2.40. The summed E-state index contributed by atoms with van der Waals surface area (Å²) in [4.78, 5) is 19.3. The molecule has 8 heteroatoms. The summed E-state index contributed by atoms with van der Waals surface area (Å²) >= 11 is 3.43. The maximum absolute atomic E-state index is 12.8. The van der Waals surface area contributed by atoms with E-state index in [-0.39, 0.29) is 12.3 Å². The maximum atomic E-state index is 12.8. The molecule has 134 valence electrons. The molecule has 0 aromatic carbocycles. The lowest BCUT2D eigenvalue weighted by Crippen LogP contribution is -2.59. The topological polar surface area (TPSA) is 56.6 Å². The monoisotopic (exact) mass is 415 g/mol. The Morgan fingerprint density at radius 3 is 2.71 bits per heavy atom. The lowest BCUT2D eigenvalue weighted by Gasteiger charge is -2.48. The van der Waals surface area contributed by atoms with Crippen molar-refractivity contribution < 1.29 is 9.47 Å². The van der Waals surface area contributed by atoms with Gasteiger partial charge in [0, 0.05) is 39.4 Å². The fraction of sp³-hybridized carbons (Fsp3) is 0.750. The number of rotatable bonds is 7. The normalized spacial score (nSPS) is 21.5. The molecule has 2 saturated heterocycles. The molecule has 3 heterocycles. The van der Waals surface area contributed by atoms with E-state index in [0.29, 0.717) is 29.0 Å². The smallest absolute Gasteiger partial charge is 0.295 e. The largest absolute Gasteiger partial charge is 0.381 e. The zero-order chi connectivity index (χ0) is 17.3. The second-order valence-electron chi connectivity index (χ2n) is 7.86. The van der Waals surface area contributed by atoms with Gasteiger partial charge in [-0.1, -0.05) is 19.6 Å². The van der Waals surface area contributed by atoms with Crippen LogP contribution < -0.4 is 10.5 Å². The van der Waals surface area contributed by atoms with Gasteiger partial charge in [0.15, 0.2) is 5.82 Å². The Labute approximate surface area is 152 Å². The SMILES string of the molecule is C[Si](C)(C)CCOCn1cc(Br)nc(N2CCC2C2COC2)c1=O. The number of hydrogen-bond donors (Lipinski definition) is 0. The van der Waals surface area contributed by atoms with Crippen LogP contribution in [0.15, 0.2) is 15.6 Å². The van der Waals surface area contributed by atoms with E-state index in [1.807, 2.05) is 0 Å². The van der Waals surface area contributed by atoms with Crippen LogP contribution in [-0.2, 0) is 16.2 Å². The predicted molar refractivity (Wildman–Crippen MR) is 100 cm³/mol. The molecule has 0 spiro atoms. The highest BCUT2D eigenvalue weighted by molar-refractivity contribution is 9.10. The molecular weight excluding hydrogens is 390 g/mol. The third-order valence-electron chi connectivity index (χ3n) is 4.70. The van der Waals surface area contributed by atoms with Crippen molar-refractivity contribution in [3.8, 4) is 0 Å². The van der Waals surface area contributed by atoms with Crippen molar-refractivity contribution in [2.75, 3.05) is 31.3 Å². The van der Waals surface area contributed by atoms with Gasteiger partial charge in [-0.15, -0.1) is 0 Å². The number of ether oxygens (including phenoxy) is 2. The highest BCUT2D eigenvalue weighted by Crippen LogP contribution is 2.32. The van der Waals surface area contributed by atoms with Crippen molar-refractivity contribution in [1.29, 1.82) is 0 Å². The molecule has 3 rings (SSSR count). The number of anilines is 1. The van der Waals surface area contributed by atoms with E-state index < -0.39 is 8.07 Å². The summed E-state index contributed by atoms with van der Waals surface area (Å²) in [6, 6.07) is 1.48. The minimum Gasteiger partial charge on any atom is -0.381 e. The van der Waals surface area contributed by atoms with Crippen molar-refractivity contribution in [3.63, 3.8) is 0 Å². The summed E-state index contributed by atoms with van der Waals surface area (Å²) in [7, 11) is -1.12. The predicted octanol–water partition coefficient (Wildman–Crippen LogP) is 2.54. The van der Waals surface area contributed by atoms with E-state index in [9.17, 15) is 4.79 Å². The quantitative estimate of drug-likeness (QED) is 0.505. The van der Waals surface area contributed by atoms with Crippen LogP contribution in [0, 0.1) is 5.92 Å². The molecule has 24 heavy (non-hydrogen) atoms. The van der Waals surface area contributed by atoms with Crippen LogP contribution in [0.5, 0.6) is 0 Å². The molecule has 0 saturated carbocycles. The van der Waals surface area contributed by atoms with E-state index in [0.717, 1.165) is 32.2 Å². The molecular formula is C16H26BrN3O3Si. The highest BCUT2D eigenvalue weighted by atomic mass is 79.9. The summed E-state index contributed by atoms with van der Waals surface area (Å²) in [6.07, 6.45) is 2.82. The second-order valence-corrected chi connectivity index (χ2v) is 14.3. The average molecular weight is 416 g/mol. The Bertz CT molecular complexity index is 642. The molecule has 1 aromatic rings. The standard InChI is InChI=1S/C16H26BrN3O3Si/c1-24(2,3)7-6-22-11-19-8-14(17)18-15(16(19)21)20-5-4-13(20)12-9-23-10-12/h8,12-13H,4-7,9-11H2,1-3H3. The molecule has 2 aliphatic rings. The second kappa shape index (κ2) is 7.27. The fourth-order valence-corrected chi connectivity index (χ4v) is 4.13. The number of hydrogen-bond acceptors (Lipinski definition) is 5. The van der Waals surface area contributed by atoms with E-state index in [1.54, 1.807) is 10.8 Å². The lowest BCUT2D eigenvalue weighted by molar-refractivity contribution is -0.0531. The van der Waals surface area contributed by atoms with Crippen LogP contribution in [0.4, 0.5) is 5.82 Å². The van der Waals surface area contributed by atoms with Gasteiger partial charge < -0.3 is 14.4 Å². The van der Waals surface area contributed by atoms with Crippen LogP contribution >= 0.6 is 15.9 Å². The lowest BCUT2D eigenvalue weighted by atomic mass is 9.88. The molecule has 0 bridgehead atoms. The van der Waals surface area contributed by atoms with Crippen molar-refractivity contribution in [3.05, 3.63) is 21.2 Å². The molecule has 0 N–H and O–H groups in total. The molecule has 1 aromatic heterocycles. The van der Waals surface area contributed by atoms with Gasteiger partial charge in [-0.25, -0.2) is 4.98 Å². The minimum absolute atomic E-state index is 0.0730. The van der Waals surface area contributed by atoms with E-state index >= 15 is 0 Å². The fourth-order valence-electron chi connectivity index (χ4n) is 2.95. The van der Waals surface area contributed by atoms with Gasteiger partial charge in [0.25, 0.3) is 5.56 Å². The molecule has 0 amide bonds.